The second-order valence-electron chi connectivity index (χ2n) is 9.78. The van der Waals surface area contributed by atoms with Crippen molar-refractivity contribution >= 4 is 40.3 Å². The molecule has 2 heterocycles. The molecule has 3 N–H and O–H groups in total. The maximum atomic E-state index is 12.9. The highest BCUT2D eigenvalue weighted by Gasteiger charge is 2.34. The van der Waals surface area contributed by atoms with Crippen molar-refractivity contribution < 1.29 is 24.2 Å². The minimum absolute atomic E-state index is 0.101. The molecule has 0 spiro atoms. The number of aliphatic carboxylic acids is 1. The lowest BCUT2D eigenvalue weighted by Gasteiger charge is -2.35. The number of carbonyl (C=O) groups excluding carboxylic acids is 2. The molecule has 2 amide bonds. The first-order valence-corrected chi connectivity index (χ1v) is 13.0. The molecule has 5 rings (SSSR count). The highest BCUT2D eigenvalue weighted by molar-refractivity contribution is 6.13. The number of nitrogens with two attached hydrogens (primary N) is 1. The summed E-state index contributed by atoms with van der Waals surface area (Å²) in [5.74, 6) is -1.10. The van der Waals surface area contributed by atoms with E-state index in [1.165, 1.54) is 0 Å². The zero-order valence-electron chi connectivity index (χ0n) is 21.5. The lowest BCUT2D eigenvalue weighted by atomic mass is 10.0. The molecule has 3 aromatic carbocycles. The lowest BCUT2D eigenvalue weighted by molar-refractivity contribution is -0.137. The van der Waals surface area contributed by atoms with Crippen LogP contribution in [-0.4, -0.2) is 90.6 Å². The number of anilines is 1. The van der Waals surface area contributed by atoms with Gasteiger partial charge in [0.15, 0.2) is 0 Å². The third kappa shape index (κ3) is 6.24. The second-order valence-corrected chi connectivity index (χ2v) is 9.78. The molecular formula is C29H31N5O5. The Morgan fingerprint density at radius 1 is 0.949 bits per heavy atom. The van der Waals surface area contributed by atoms with E-state index >= 15 is 0 Å². The van der Waals surface area contributed by atoms with Gasteiger partial charge in [0, 0.05) is 56.1 Å². The molecule has 2 fully saturated rings. The summed E-state index contributed by atoms with van der Waals surface area (Å²) in [5, 5.41) is 10.6. The van der Waals surface area contributed by atoms with E-state index in [0.29, 0.717) is 36.4 Å². The number of nitrogens with zero attached hydrogens (tertiary/aromatic N) is 4. The number of piperazine rings is 1. The zero-order valence-corrected chi connectivity index (χ0v) is 21.5. The van der Waals surface area contributed by atoms with E-state index in [2.05, 4.69) is 14.8 Å². The second kappa shape index (κ2) is 11.6. The molecule has 2 aliphatic heterocycles. The maximum absolute atomic E-state index is 12.9. The summed E-state index contributed by atoms with van der Waals surface area (Å²) in [4.78, 5) is 46.3. The summed E-state index contributed by atoms with van der Waals surface area (Å²) >= 11 is 0. The lowest BCUT2D eigenvalue weighted by Crippen LogP contribution is -2.49. The number of amidine groups is 1. The summed E-state index contributed by atoms with van der Waals surface area (Å²) in [6.07, 6.45) is -0.514. The van der Waals surface area contributed by atoms with Crippen molar-refractivity contribution in [3.8, 4) is 0 Å². The monoisotopic (exact) mass is 529 g/mol. The third-order valence-corrected chi connectivity index (χ3v) is 7.16. The molecule has 202 valence electrons. The average molecular weight is 530 g/mol. The van der Waals surface area contributed by atoms with Crippen LogP contribution in [0.25, 0.3) is 10.8 Å². The Morgan fingerprint density at radius 3 is 2.38 bits per heavy atom. The van der Waals surface area contributed by atoms with Crippen LogP contribution >= 0.6 is 0 Å². The molecule has 1 atom stereocenters. The van der Waals surface area contributed by atoms with E-state index in [1.807, 2.05) is 36.4 Å². The fraction of sp³-hybridized carbons (Fsp3) is 0.310. The van der Waals surface area contributed by atoms with E-state index < -0.39 is 18.0 Å². The van der Waals surface area contributed by atoms with Crippen molar-refractivity contribution in [1.29, 1.82) is 0 Å². The van der Waals surface area contributed by atoms with Gasteiger partial charge in [0.05, 0.1) is 13.0 Å². The summed E-state index contributed by atoms with van der Waals surface area (Å²) in [6.45, 7) is 4.81. The molecule has 2 saturated heterocycles. The van der Waals surface area contributed by atoms with E-state index in [0.717, 1.165) is 37.0 Å². The number of cyclic esters (lactones) is 1. The highest BCUT2D eigenvalue weighted by Crippen LogP contribution is 2.24. The molecule has 0 bridgehead atoms. The minimum Gasteiger partial charge on any atom is -0.481 e. The molecule has 0 radical (unpaired) electrons. The molecule has 0 aliphatic carbocycles. The van der Waals surface area contributed by atoms with Crippen LogP contribution in [-0.2, 0) is 9.53 Å². The molecule has 1 unspecified atom stereocenters. The Kier molecular flexibility index (Phi) is 7.85. The fourth-order valence-electron chi connectivity index (χ4n) is 5.02. The molecular weight excluding hydrogens is 498 g/mol. The van der Waals surface area contributed by atoms with Crippen molar-refractivity contribution in [2.24, 2.45) is 10.7 Å². The molecule has 39 heavy (non-hydrogen) atoms. The molecule has 2 aliphatic rings. The van der Waals surface area contributed by atoms with Gasteiger partial charge in [-0.15, -0.1) is 0 Å². The van der Waals surface area contributed by atoms with Crippen molar-refractivity contribution in [3.63, 3.8) is 0 Å². The largest absolute Gasteiger partial charge is 0.481 e. The number of hydrogen-bond acceptors (Lipinski definition) is 6. The molecule has 0 saturated carbocycles. The summed E-state index contributed by atoms with van der Waals surface area (Å²) in [7, 11) is 0. The molecule has 3 aromatic rings. The predicted molar refractivity (Wildman–Crippen MR) is 148 cm³/mol. The van der Waals surface area contributed by atoms with Crippen molar-refractivity contribution in [1.82, 2.24) is 9.80 Å². The third-order valence-electron chi connectivity index (χ3n) is 7.16. The van der Waals surface area contributed by atoms with Gasteiger partial charge in [-0.1, -0.05) is 36.4 Å². The Hall–Kier alpha value is -4.28. The predicted octanol–water partition coefficient (Wildman–Crippen LogP) is 2.80. The normalized spacial score (nSPS) is 18.9. The van der Waals surface area contributed by atoms with E-state index in [9.17, 15) is 14.4 Å². The zero-order chi connectivity index (χ0) is 27.4. The molecule has 10 heteroatoms. The number of ether oxygens (including phenoxy) is 1. The number of fused-ring (bicyclic) bond motifs is 1. The quantitative estimate of drug-likeness (QED) is 0.337. The van der Waals surface area contributed by atoms with Crippen molar-refractivity contribution in [3.05, 3.63) is 77.9 Å². The Labute approximate surface area is 226 Å². The van der Waals surface area contributed by atoms with Gasteiger partial charge in [-0.05, 0) is 41.1 Å². The number of rotatable bonds is 8. The minimum atomic E-state index is -0.784. The van der Waals surface area contributed by atoms with Gasteiger partial charge >= 0.3 is 12.1 Å². The van der Waals surface area contributed by atoms with Gasteiger partial charge in [-0.25, -0.2) is 4.79 Å². The number of carboxylic acids is 1. The standard InChI is InChI=1S/C29H31N5O5/c30-27(31-28(37)25-7-3-5-20-4-1-2-6-24(20)25)21-8-10-22(11-9-21)34-19-23(39-29(34)38)18-33-16-14-32(15-17-33)13-12-26(35)36/h1-11,23H,12-19H2,(H,35,36)(H2,30,31,37). The number of benzene rings is 3. The number of carbonyl (C=O) groups is 3. The van der Waals surface area contributed by atoms with Gasteiger partial charge in [0.2, 0.25) is 0 Å². The van der Waals surface area contributed by atoms with Gasteiger partial charge in [-0.3, -0.25) is 19.4 Å². The number of aliphatic imine (C=N–C) groups is 1. The first-order chi connectivity index (χ1) is 18.9. The number of hydrogen-bond donors (Lipinski definition) is 2. The van der Waals surface area contributed by atoms with Crippen molar-refractivity contribution in [2.75, 3.05) is 50.7 Å². The van der Waals surface area contributed by atoms with Crippen LogP contribution in [0.5, 0.6) is 0 Å². The SMILES string of the molecule is NC(=NC(=O)c1cccc2ccccc12)c1ccc(N2CC(CN3CCN(CCC(=O)O)CC3)OC2=O)cc1. The summed E-state index contributed by atoms with van der Waals surface area (Å²) in [5.41, 5.74) is 7.91. The van der Waals surface area contributed by atoms with Gasteiger partial charge in [0.25, 0.3) is 5.91 Å². The number of amides is 2. The average Bonchev–Trinajstić information content (AvgIpc) is 3.31. The number of carboxylic acid groups (broad SMARTS) is 1. The van der Waals surface area contributed by atoms with Crippen LogP contribution in [0.3, 0.4) is 0 Å². The Balaban J connectivity index is 1.18. The maximum Gasteiger partial charge on any atom is 0.414 e. The summed E-state index contributed by atoms with van der Waals surface area (Å²) in [6, 6.07) is 20.1. The topological polar surface area (TPSA) is 129 Å². The van der Waals surface area contributed by atoms with E-state index in [4.69, 9.17) is 15.6 Å². The van der Waals surface area contributed by atoms with Crippen LogP contribution in [0.15, 0.2) is 71.7 Å². The van der Waals surface area contributed by atoms with Crippen LogP contribution < -0.4 is 10.6 Å². The first kappa shape index (κ1) is 26.3. The van der Waals surface area contributed by atoms with Gasteiger partial charge < -0.3 is 20.5 Å². The van der Waals surface area contributed by atoms with Crippen LogP contribution in [0.2, 0.25) is 0 Å². The smallest absolute Gasteiger partial charge is 0.414 e. The van der Waals surface area contributed by atoms with Crippen LogP contribution in [0.1, 0.15) is 22.3 Å². The van der Waals surface area contributed by atoms with Gasteiger partial charge in [-0.2, -0.15) is 4.99 Å². The Morgan fingerprint density at radius 2 is 1.64 bits per heavy atom. The Bertz CT molecular complexity index is 1390. The summed E-state index contributed by atoms with van der Waals surface area (Å²) < 4.78 is 5.61. The van der Waals surface area contributed by atoms with Crippen LogP contribution in [0.4, 0.5) is 10.5 Å². The molecule has 10 nitrogen and oxygen atoms in total. The van der Waals surface area contributed by atoms with E-state index in [1.54, 1.807) is 35.2 Å². The fourth-order valence-corrected chi connectivity index (χ4v) is 5.02. The highest BCUT2D eigenvalue weighted by atomic mass is 16.6. The van der Waals surface area contributed by atoms with Gasteiger partial charge in [0.1, 0.15) is 11.9 Å². The van der Waals surface area contributed by atoms with Crippen molar-refractivity contribution in [2.45, 2.75) is 12.5 Å². The van der Waals surface area contributed by atoms with Crippen LogP contribution in [0, 0.1) is 0 Å². The first-order valence-electron chi connectivity index (χ1n) is 13.0. The van der Waals surface area contributed by atoms with E-state index in [-0.39, 0.29) is 18.4 Å². The molecule has 0 aromatic heterocycles.